The van der Waals surface area contributed by atoms with E-state index in [4.69, 9.17) is 11.6 Å². The van der Waals surface area contributed by atoms with Gasteiger partial charge in [0.05, 0.1) is 10.6 Å². The van der Waals surface area contributed by atoms with Crippen molar-refractivity contribution in [2.24, 2.45) is 0 Å². The largest absolute Gasteiger partial charge is 0.298 e. The Bertz CT molecular complexity index is 1050. The monoisotopic (exact) mass is 399 g/mol. The molecule has 8 heteroatoms. The molecule has 3 rings (SSSR count). The molecule has 0 fully saturated rings. The number of rotatable bonds is 5. The number of carbonyl (C=O) groups is 1. The minimum absolute atomic E-state index is 0.0285. The second kappa shape index (κ2) is 8.11. The molecule has 1 heterocycles. The van der Waals surface area contributed by atoms with Crippen LogP contribution in [0.5, 0.6) is 0 Å². The summed E-state index contributed by atoms with van der Waals surface area (Å²) < 4.78 is 0. The van der Waals surface area contributed by atoms with Crippen LogP contribution in [0, 0.1) is 17.0 Å². The van der Waals surface area contributed by atoms with E-state index < -0.39 is 4.92 Å². The number of hydrogen-bond donors (Lipinski definition) is 1. The van der Waals surface area contributed by atoms with Gasteiger partial charge in [-0.2, -0.15) is 0 Å². The summed E-state index contributed by atoms with van der Waals surface area (Å²) in [5.74, 6) is -0.368. The third kappa shape index (κ3) is 4.78. The number of carbonyl (C=O) groups excluding carboxylic acids is 1. The van der Waals surface area contributed by atoms with Crippen molar-refractivity contribution in [1.82, 2.24) is 4.98 Å². The molecule has 1 aromatic heterocycles. The Kier molecular flexibility index (Phi) is 5.63. The van der Waals surface area contributed by atoms with Crippen LogP contribution in [0.2, 0.25) is 5.02 Å². The van der Waals surface area contributed by atoms with E-state index in [0.717, 1.165) is 16.1 Å². The van der Waals surface area contributed by atoms with Crippen molar-refractivity contribution in [2.45, 2.75) is 6.92 Å². The lowest BCUT2D eigenvalue weighted by atomic mass is 10.1. The number of thiazole rings is 1. The van der Waals surface area contributed by atoms with Gasteiger partial charge in [0.15, 0.2) is 5.13 Å². The number of nitro groups is 1. The quantitative estimate of drug-likeness (QED) is 0.357. The molecule has 2 aromatic carbocycles. The fourth-order valence-electron chi connectivity index (χ4n) is 2.41. The van der Waals surface area contributed by atoms with Gasteiger partial charge in [0.2, 0.25) is 5.91 Å². The molecule has 0 aliphatic heterocycles. The molecule has 0 aliphatic rings. The van der Waals surface area contributed by atoms with Gasteiger partial charge in [-0.15, -0.1) is 11.3 Å². The van der Waals surface area contributed by atoms with Crippen molar-refractivity contribution in [3.63, 3.8) is 0 Å². The van der Waals surface area contributed by atoms with Gasteiger partial charge in [0.1, 0.15) is 0 Å². The van der Waals surface area contributed by atoms with E-state index in [1.165, 1.54) is 35.6 Å². The van der Waals surface area contributed by atoms with Gasteiger partial charge in [-0.25, -0.2) is 4.98 Å². The van der Waals surface area contributed by atoms with Crippen molar-refractivity contribution >= 4 is 45.7 Å². The summed E-state index contributed by atoms with van der Waals surface area (Å²) in [5.41, 5.74) is 2.18. The molecule has 0 unspecified atom stereocenters. The van der Waals surface area contributed by atoms with Crippen LogP contribution in [-0.2, 0) is 4.79 Å². The number of benzene rings is 2. The van der Waals surface area contributed by atoms with Gasteiger partial charge >= 0.3 is 0 Å². The number of nitrogens with zero attached hydrogens (tertiary/aromatic N) is 2. The van der Waals surface area contributed by atoms with Gasteiger partial charge < -0.3 is 0 Å². The molecule has 0 aliphatic carbocycles. The molecule has 136 valence electrons. The van der Waals surface area contributed by atoms with Crippen molar-refractivity contribution in [3.8, 4) is 11.3 Å². The lowest BCUT2D eigenvalue weighted by Gasteiger charge is -1.99. The Morgan fingerprint density at radius 1 is 1.26 bits per heavy atom. The molecule has 3 aromatic rings. The number of aromatic nitrogens is 1. The number of amides is 1. The van der Waals surface area contributed by atoms with E-state index in [1.54, 1.807) is 18.2 Å². The van der Waals surface area contributed by atoms with Crippen LogP contribution >= 0.6 is 22.9 Å². The van der Waals surface area contributed by atoms with Gasteiger partial charge in [-0.05, 0) is 30.7 Å². The molecular formula is C19H14ClN3O3S. The molecule has 0 spiro atoms. The Morgan fingerprint density at radius 3 is 2.78 bits per heavy atom. The van der Waals surface area contributed by atoms with E-state index >= 15 is 0 Å². The van der Waals surface area contributed by atoms with Crippen molar-refractivity contribution in [3.05, 3.63) is 80.2 Å². The smallest absolute Gasteiger partial charge is 0.270 e. The van der Waals surface area contributed by atoms with E-state index in [0.29, 0.717) is 15.7 Å². The number of nitro benzene ring substituents is 1. The molecule has 27 heavy (non-hydrogen) atoms. The molecule has 0 saturated carbocycles. The van der Waals surface area contributed by atoms with Crippen molar-refractivity contribution in [1.29, 1.82) is 0 Å². The van der Waals surface area contributed by atoms with Crippen molar-refractivity contribution < 1.29 is 9.72 Å². The number of nitrogens with one attached hydrogen (secondary N) is 1. The zero-order valence-electron chi connectivity index (χ0n) is 14.2. The maximum atomic E-state index is 12.1. The average Bonchev–Trinajstić information content (AvgIpc) is 3.00. The predicted octanol–water partition coefficient (Wildman–Crippen LogP) is 5.33. The summed E-state index contributed by atoms with van der Waals surface area (Å²) in [5, 5.41) is 14.6. The first kappa shape index (κ1) is 18.8. The molecule has 0 radical (unpaired) electrons. The predicted molar refractivity (Wildman–Crippen MR) is 108 cm³/mol. The Labute approximate surface area is 164 Å². The minimum Gasteiger partial charge on any atom is -0.298 e. The third-order valence-corrected chi connectivity index (χ3v) is 4.75. The lowest BCUT2D eigenvalue weighted by Crippen LogP contribution is -2.07. The topological polar surface area (TPSA) is 85.1 Å². The zero-order chi connectivity index (χ0) is 19.4. The van der Waals surface area contributed by atoms with E-state index in [-0.39, 0.29) is 11.6 Å². The Hall–Kier alpha value is -3.03. The molecule has 0 saturated heterocycles. The maximum absolute atomic E-state index is 12.1. The second-order valence-corrected chi connectivity index (χ2v) is 7.25. The average molecular weight is 400 g/mol. The summed E-state index contributed by atoms with van der Waals surface area (Å²) in [6.07, 6.45) is 2.83. The number of hydrogen-bond acceptors (Lipinski definition) is 5. The summed E-state index contributed by atoms with van der Waals surface area (Å²) in [4.78, 5) is 27.9. The Balaban J connectivity index is 1.72. The summed E-state index contributed by atoms with van der Waals surface area (Å²) in [6.45, 7) is 1.92. The van der Waals surface area contributed by atoms with Crippen LogP contribution < -0.4 is 5.32 Å². The van der Waals surface area contributed by atoms with Crippen LogP contribution in [0.3, 0.4) is 0 Å². The molecule has 1 N–H and O–H groups in total. The standard InChI is InChI=1S/C19H14ClN3O3S/c1-12-18(14-5-3-6-15(20)11-14)22-19(27-12)21-17(24)9-8-13-4-2-7-16(10-13)23(25)26/h2-11H,1H3,(H,21,22,24). The number of non-ortho nitro benzene ring substituents is 1. The second-order valence-electron chi connectivity index (χ2n) is 5.61. The van der Waals surface area contributed by atoms with E-state index in [1.807, 2.05) is 25.1 Å². The SMILES string of the molecule is Cc1sc(NC(=O)C=Cc2cccc([N+](=O)[O-])c2)nc1-c1cccc(Cl)c1. The highest BCUT2D eigenvalue weighted by molar-refractivity contribution is 7.16. The van der Waals surface area contributed by atoms with Crippen LogP contribution in [0.25, 0.3) is 17.3 Å². The van der Waals surface area contributed by atoms with Crippen LogP contribution in [0.4, 0.5) is 10.8 Å². The lowest BCUT2D eigenvalue weighted by molar-refractivity contribution is -0.384. The van der Waals surface area contributed by atoms with E-state index in [9.17, 15) is 14.9 Å². The fraction of sp³-hybridized carbons (Fsp3) is 0.0526. The first-order valence-corrected chi connectivity index (χ1v) is 9.09. The molecule has 0 bridgehead atoms. The minimum atomic E-state index is -0.479. The van der Waals surface area contributed by atoms with Gasteiger partial charge in [-0.1, -0.05) is 35.9 Å². The van der Waals surface area contributed by atoms with Gasteiger partial charge in [0.25, 0.3) is 5.69 Å². The number of anilines is 1. The summed E-state index contributed by atoms with van der Waals surface area (Å²) in [7, 11) is 0. The molecular weight excluding hydrogens is 386 g/mol. The first-order chi connectivity index (χ1) is 12.9. The van der Waals surface area contributed by atoms with Crippen LogP contribution in [0.15, 0.2) is 54.6 Å². The highest BCUT2D eigenvalue weighted by Gasteiger charge is 2.11. The van der Waals surface area contributed by atoms with Crippen molar-refractivity contribution in [2.75, 3.05) is 5.32 Å². The van der Waals surface area contributed by atoms with Gasteiger partial charge in [-0.3, -0.25) is 20.2 Å². The molecule has 0 atom stereocenters. The van der Waals surface area contributed by atoms with Crippen LogP contribution in [-0.4, -0.2) is 15.8 Å². The first-order valence-electron chi connectivity index (χ1n) is 7.89. The maximum Gasteiger partial charge on any atom is 0.270 e. The van der Waals surface area contributed by atoms with Crippen LogP contribution in [0.1, 0.15) is 10.4 Å². The van der Waals surface area contributed by atoms with E-state index in [2.05, 4.69) is 10.3 Å². The molecule has 6 nitrogen and oxygen atoms in total. The normalized spacial score (nSPS) is 10.9. The summed E-state index contributed by atoms with van der Waals surface area (Å²) in [6, 6.07) is 13.4. The molecule has 1 amide bonds. The highest BCUT2D eigenvalue weighted by atomic mass is 35.5. The summed E-state index contributed by atoms with van der Waals surface area (Å²) >= 11 is 7.39. The number of aryl methyl sites for hydroxylation is 1. The number of halogens is 1. The third-order valence-electron chi connectivity index (χ3n) is 3.63. The fourth-order valence-corrected chi connectivity index (χ4v) is 3.44. The Morgan fingerprint density at radius 2 is 2.04 bits per heavy atom. The van der Waals surface area contributed by atoms with Gasteiger partial charge in [0, 0.05) is 33.7 Å². The highest BCUT2D eigenvalue weighted by Crippen LogP contribution is 2.31. The zero-order valence-corrected chi connectivity index (χ0v) is 15.8.